The van der Waals surface area contributed by atoms with Crippen molar-refractivity contribution in [1.82, 2.24) is 0 Å². The number of halogens is 1. The van der Waals surface area contributed by atoms with Crippen LogP contribution in [-0.4, -0.2) is 12.9 Å². The van der Waals surface area contributed by atoms with Crippen LogP contribution in [0.2, 0.25) is 0 Å². The fourth-order valence-electron chi connectivity index (χ4n) is 1.89. The Morgan fingerprint density at radius 1 is 1.24 bits per heavy atom. The third kappa shape index (κ3) is 2.67. The Morgan fingerprint density at radius 3 is 2.65 bits per heavy atom. The lowest BCUT2D eigenvalue weighted by Crippen LogP contribution is -1.99. The molecule has 0 aliphatic carbocycles. The molecule has 0 spiro atoms. The highest BCUT2D eigenvalue weighted by molar-refractivity contribution is 9.10. The summed E-state index contributed by atoms with van der Waals surface area (Å²) in [5, 5.41) is 2.22. The zero-order chi connectivity index (χ0) is 12.4. The first-order chi connectivity index (χ1) is 8.10. The van der Waals surface area contributed by atoms with E-state index < -0.39 is 0 Å². The molecule has 0 aliphatic rings. The monoisotopic (exact) mass is 292 g/mol. The summed E-state index contributed by atoms with van der Waals surface area (Å²) in [6.45, 7) is 1.59. The number of carbonyl (C=O) groups excluding carboxylic acids is 1. The van der Waals surface area contributed by atoms with E-state index in [2.05, 4.69) is 15.9 Å². The van der Waals surface area contributed by atoms with E-state index in [9.17, 15) is 4.79 Å². The summed E-state index contributed by atoms with van der Waals surface area (Å²) in [6.07, 6.45) is 0.408. The number of hydrogen-bond donors (Lipinski definition) is 0. The van der Waals surface area contributed by atoms with Gasteiger partial charge in [-0.15, -0.1) is 0 Å². The van der Waals surface area contributed by atoms with Gasteiger partial charge in [0.25, 0.3) is 0 Å². The van der Waals surface area contributed by atoms with Crippen LogP contribution in [0.5, 0.6) is 5.75 Å². The Hall–Kier alpha value is -1.35. The topological polar surface area (TPSA) is 26.3 Å². The van der Waals surface area contributed by atoms with E-state index in [-0.39, 0.29) is 5.78 Å². The van der Waals surface area contributed by atoms with E-state index in [1.54, 1.807) is 14.0 Å². The molecule has 0 atom stereocenters. The summed E-state index contributed by atoms with van der Waals surface area (Å²) in [7, 11) is 1.63. The molecule has 0 amide bonds. The molecular weight excluding hydrogens is 280 g/mol. The number of methoxy groups -OCH3 is 1. The summed E-state index contributed by atoms with van der Waals surface area (Å²) in [4.78, 5) is 11.2. The van der Waals surface area contributed by atoms with Crippen LogP contribution in [0.25, 0.3) is 10.8 Å². The highest BCUT2D eigenvalue weighted by Gasteiger charge is 2.08. The SMILES string of the molecule is COc1cc2ccc(Br)cc2cc1CC(C)=O. The average Bonchev–Trinajstić information content (AvgIpc) is 2.27. The van der Waals surface area contributed by atoms with Crippen molar-refractivity contribution >= 4 is 32.5 Å². The molecule has 88 valence electrons. The average molecular weight is 293 g/mol. The van der Waals surface area contributed by atoms with Crippen LogP contribution in [0, 0.1) is 0 Å². The molecule has 2 aromatic carbocycles. The molecule has 17 heavy (non-hydrogen) atoms. The lowest BCUT2D eigenvalue weighted by atomic mass is 10.0. The van der Waals surface area contributed by atoms with Gasteiger partial charge in [-0.1, -0.05) is 22.0 Å². The molecule has 0 aliphatic heterocycles. The first-order valence-corrected chi connectivity index (χ1v) is 6.15. The number of carbonyl (C=O) groups is 1. The maximum absolute atomic E-state index is 11.2. The molecule has 0 fully saturated rings. The van der Waals surface area contributed by atoms with Crippen molar-refractivity contribution in [2.24, 2.45) is 0 Å². The van der Waals surface area contributed by atoms with E-state index in [1.165, 1.54) is 0 Å². The number of benzene rings is 2. The number of fused-ring (bicyclic) bond motifs is 1. The van der Waals surface area contributed by atoms with Crippen LogP contribution >= 0.6 is 15.9 Å². The van der Waals surface area contributed by atoms with Crippen molar-refractivity contribution in [2.75, 3.05) is 7.11 Å². The molecule has 2 aromatic rings. The normalized spacial score (nSPS) is 10.5. The Kier molecular flexibility index (Phi) is 3.48. The standard InChI is InChI=1S/C14H13BrO2/c1-9(16)5-12-6-11-7-13(15)4-3-10(11)8-14(12)17-2/h3-4,6-8H,5H2,1-2H3. The summed E-state index contributed by atoms with van der Waals surface area (Å²) in [5.74, 6) is 0.910. The van der Waals surface area contributed by atoms with Gasteiger partial charge in [0.15, 0.2) is 0 Å². The van der Waals surface area contributed by atoms with Gasteiger partial charge in [0, 0.05) is 16.5 Å². The summed E-state index contributed by atoms with van der Waals surface area (Å²) >= 11 is 3.45. The van der Waals surface area contributed by atoms with Crippen LogP contribution in [0.4, 0.5) is 0 Å². The molecule has 0 unspecified atom stereocenters. The maximum atomic E-state index is 11.2. The Morgan fingerprint density at radius 2 is 2.00 bits per heavy atom. The van der Waals surface area contributed by atoms with E-state index in [1.807, 2.05) is 30.3 Å². The van der Waals surface area contributed by atoms with Gasteiger partial charge in [0.05, 0.1) is 7.11 Å². The quantitative estimate of drug-likeness (QED) is 0.861. The van der Waals surface area contributed by atoms with E-state index >= 15 is 0 Å². The molecule has 2 nitrogen and oxygen atoms in total. The lowest BCUT2D eigenvalue weighted by Gasteiger charge is -2.09. The second-order valence-electron chi connectivity index (χ2n) is 4.03. The zero-order valence-corrected chi connectivity index (χ0v) is 11.4. The fourth-order valence-corrected chi connectivity index (χ4v) is 2.27. The summed E-state index contributed by atoms with van der Waals surface area (Å²) < 4.78 is 6.35. The van der Waals surface area contributed by atoms with Gasteiger partial charge >= 0.3 is 0 Å². The molecule has 0 heterocycles. The first kappa shape index (κ1) is 12.1. The van der Waals surface area contributed by atoms with Crippen molar-refractivity contribution in [3.63, 3.8) is 0 Å². The van der Waals surface area contributed by atoms with Crippen LogP contribution in [0.1, 0.15) is 12.5 Å². The van der Waals surface area contributed by atoms with Gasteiger partial charge in [-0.25, -0.2) is 0 Å². The highest BCUT2D eigenvalue weighted by Crippen LogP contribution is 2.28. The smallest absolute Gasteiger partial charge is 0.134 e. The molecule has 0 saturated heterocycles. The molecular formula is C14H13BrO2. The van der Waals surface area contributed by atoms with Gasteiger partial charge in [-0.05, 0) is 42.0 Å². The van der Waals surface area contributed by atoms with E-state index in [0.29, 0.717) is 6.42 Å². The van der Waals surface area contributed by atoms with Crippen molar-refractivity contribution in [1.29, 1.82) is 0 Å². The number of Topliss-reactive ketones (excluding diaryl/α,β-unsaturated/α-hetero) is 1. The minimum Gasteiger partial charge on any atom is -0.496 e. The second kappa shape index (κ2) is 4.88. The molecule has 0 saturated carbocycles. The molecule has 3 heteroatoms. The maximum Gasteiger partial charge on any atom is 0.134 e. The lowest BCUT2D eigenvalue weighted by molar-refractivity contribution is -0.116. The molecule has 0 bridgehead atoms. The Labute approximate surface area is 109 Å². The van der Waals surface area contributed by atoms with Crippen molar-refractivity contribution < 1.29 is 9.53 Å². The number of rotatable bonds is 3. The number of ether oxygens (including phenoxy) is 1. The van der Waals surface area contributed by atoms with Crippen LogP contribution in [0.15, 0.2) is 34.8 Å². The molecule has 0 N–H and O–H groups in total. The number of ketones is 1. The second-order valence-corrected chi connectivity index (χ2v) is 4.95. The fraction of sp³-hybridized carbons (Fsp3) is 0.214. The van der Waals surface area contributed by atoms with E-state index in [4.69, 9.17) is 4.74 Å². The van der Waals surface area contributed by atoms with Gasteiger partial charge in [-0.3, -0.25) is 4.79 Å². The van der Waals surface area contributed by atoms with Crippen LogP contribution in [0.3, 0.4) is 0 Å². The minimum absolute atomic E-state index is 0.137. The molecule has 2 rings (SSSR count). The summed E-state index contributed by atoms with van der Waals surface area (Å²) in [6, 6.07) is 10.0. The molecule has 0 aromatic heterocycles. The van der Waals surface area contributed by atoms with Gasteiger partial charge in [0.1, 0.15) is 11.5 Å². The summed E-state index contributed by atoms with van der Waals surface area (Å²) in [5.41, 5.74) is 0.936. The third-order valence-electron chi connectivity index (χ3n) is 2.64. The van der Waals surface area contributed by atoms with Crippen molar-refractivity contribution in [3.05, 3.63) is 40.4 Å². The predicted octanol–water partition coefficient (Wildman–Crippen LogP) is 3.74. The predicted molar refractivity (Wildman–Crippen MR) is 72.6 cm³/mol. The largest absolute Gasteiger partial charge is 0.496 e. The first-order valence-electron chi connectivity index (χ1n) is 5.36. The zero-order valence-electron chi connectivity index (χ0n) is 9.79. The highest BCUT2D eigenvalue weighted by atomic mass is 79.9. The van der Waals surface area contributed by atoms with Crippen molar-refractivity contribution in [2.45, 2.75) is 13.3 Å². The van der Waals surface area contributed by atoms with Gasteiger partial charge in [-0.2, -0.15) is 0 Å². The van der Waals surface area contributed by atoms with Crippen LogP contribution in [-0.2, 0) is 11.2 Å². The third-order valence-corrected chi connectivity index (χ3v) is 3.13. The van der Waals surface area contributed by atoms with Crippen molar-refractivity contribution in [3.8, 4) is 5.75 Å². The van der Waals surface area contributed by atoms with E-state index in [0.717, 1.165) is 26.6 Å². The van der Waals surface area contributed by atoms with Gasteiger partial charge in [0.2, 0.25) is 0 Å². The molecule has 0 radical (unpaired) electrons. The number of hydrogen-bond acceptors (Lipinski definition) is 2. The minimum atomic E-state index is 0.137. The Bertz CT molecular complexity index is 576. The Balaban J connectivity index is 2.60. The van der Waals surface area contributed by atoms with Gasteiger partial charge < -0.3 is 4.74 Å². The van der Waals surface area contributed by atoms with Crippen LogP contribution < -0.4 is 4.74 Å².